The summed E-state index contributed by atoms with van der Waals surface area (Å²) in [5.74, 6) is -0.195. The average Bonchev–Trinajstić information content (AvgIpc) is 2.69. The number of carbonyl (C=O) groups excluding carboxylic acids is 1. The van der Waals surface area contributed by atoms with E-state index in [1.165, 1.54) is 6.08 Å². The van der Waals surface area contributed by atoms with Crippen molar-refractivity contribution in [3.05, 3.63) is 83.2 Å². The molecule has 0 aliphatic rings. The highest BCUT2D eigenvalue weighted by Crippen LogP contribution is 2.21. The summed E-state index contributed by atoms with van der Waals surface area (Å²) in [5, 5.41) is 6.65. The van der Waals surface area contributed by atoms with Gasteiger partial charge >= 0.3 is 0 Å². The minimum atomic E-state index is -0.195. The molecule has 2 aromatic carbocycles. The van der Waals surface area contributed by atoms with Gasteiger partial charge in [-0.15, -0.1) is 0 Å². The first-order valence-electron chi connectivity index (χ1n) is 8.54. The summed E-state index contributed by atoms with van der Waals surface area (Å²) in [6.45, 7) is 1.96. The number of halogens is 1. The highest BCUT2D eigenvalue weighted by Gasteiger charge is 2.03. The molecule has 0 saturated heterocycles. The molecule has 0 spiro atoms. The Morgan fingerprint density at radius 2 is 1.78 bits per heavy atom. The van der Waals surface area contributed by atoms with Crippen LogP contribution in [0, 0.1) is 6.92 Å². The topological polar surface area (TPSA) is 54.0 Å². The van der Waals surface area contributed by atoms with Crippen molar-refractivity contribution >= 4 is 35.0 Å². The van der Waals surface area contributed by atoms with E-state index < -0.39 is 0 Å². The van der Waals surface area contributed by atoms with Crippen LogP contribution in [0.2, 0.25) is 5.02 Å². The molecule has 1 amide bonds. The average molecular weight is 378 g/mol. The number of amides is 1. The Bertz CT molecular complexity index is 964. The van der Waals surface area contributed by atoms with Crippen molar-refractivity contribution in [2.75, 3.05) is 17.7 Å². The number of nitrogens with zero attached hydrogens (tertiary/aromatic N) is 1. The minimum Gasteiger partial charge on any atom is -0.388 e. The summed E-state index contributed by atoms with van der Waals surface area (Å²) in [4.78, 5) is 16.5. The lowest BCUT2D eigenvalue weighted by molar-refractivity contribution is -0.111. The fourth-order valence-electron chi connectivity index (χ4n) is 2.61. The summed E-state index contributed by atoms with van der Waals surface area (Å²) < 4.78 is 0. The molecule has 3 aromatic rings. The van der Waals surface area contributed by atoms with Crippen molar-refractivity contribution in [3.8, 4) is 11.1 Å². The molecular formula is C22H20ClN3O. The van der Waals surface area contributed by atoms with Crippen LogP contribution in [0.4, 0.5) is 11.4 Å². The summed E-state index contributed by atoms with van der Waals surface area (Å²) in [6, 6.07) is 17.2. The van der Waals surface area contributed by atoms with Crippen LogP contribution < -0.4 is 10.6 Å². The first-order valence-corrected chi connectivity index (χ1v) is 8.92. The van der Waals surface area contributed by atoms with Gasteiger partial charge < -0.3 is 10.6 Å². The molecule has 0 atom stereocenters. The van der Waals surface area contributed by atoms with Crippen molar-refractivity contribution in [2.24, 2.45) is 0 Å². The molecule has 27 heavy (non-hydrogen) atoms. The Morgan fingerprint density at radius 1 is 1.04 bits per heavy atom. The molecule has 1 heterocycles. The first kappa shape index (κ1) is 18.7. The number of rotatable bonds is 5. The Hall–Kier alpha value is -3.11. The van der Waals surface area contributed by atoms with Crippen LogP contribution in [0.5, 0.6) is 0 Å². The Morgan fingerprint density at radius 3 is 2.41 bits per heavy atom. The minimum absolute atomic E-state index is 0.195. The van der Waals surface area contributed by atoms with Gasteiger partial charge in [-0.05, 0) is 60.5 Å². The zero-order chi connectivity index (χ0) is 19.2. The Labute approximate surface area is 163 Å². The monoisotopic (exact) mass is 377 g/mol. The molecule has 0 aliphatic carbocycles. The van der Waals surface area contributed by atoms with E-state index in [0.717, 1.165) is 28.1 Å². The zero-order valence-electron chi connectivity index (χ0n) is 15.2. The molecule has 2 N–H and O–H groups in total. The van der Waals surface area contributed by atoms with Crippen molar-refractivity contribution in [3.63, 3.8) is 0 Å². The van der Waals surface area contributed by atoms with E-state index >= 15 is 0 Å². The summed E-state index contributed by atoms with van der Waals surface area (Å²) >= 11 is 5.91. The lowest BCUT2D eigenvalue weighted by atomic mass is 10.1. The molecule has 0 unspecified atom stereocenters. The third-order valence-corrected chi connectivity index (χ3v) is 4.39. The van der Waals surface area contributed by atoms with Crippen molar-refractivity contribution in [1.29, 1.82) is 0 Å². The lowest BCUT2D eigenvalue weighted by Crippen LogP contribution is -2.09. The van der Waals surface area contributed by atoms with Crippen LogP contribution in [0.3, 0.4) is 0 Å². The summed E-state index contributed by atoms with van der Waals surface area (Å²) in [7, 11) is 1.86. The molecule has 1 aromatic heterocycles. The van der Waals surface area contributed by atoms with E-state index in [1.54, 1.807) is 12.3 Å². The third kappa shape index (κ3) is 4.96. The van der Waals surface area contributed by atoms with E-state index in [9.17, 15) is 4.79 Å². The number of pyridine rings is 1. The number of aromatic nitrogens is 1. The third-order valence-electron chi connectivity index (χ3n) is 4.14. The SMILES string of the molecule is CNc1ccc(NC(=O)/C=C/c2ccc(-c3ccc(Cl)cc3)cn2)c(C)c1. The van der Waals surface area contributed by atoms with Gasteiger partial charge in [0.15, 0.2) is 0 Å². The number of hydrogen-bond donors (Lipinski definition) is 2. The maximum atomic E-state index is 12.2. The normalized spacial score (nSPS) is 10.8. The molecule has 4 nitrogen and oxygen atoms in total. The van der Waals surface area contributed by atoms with Crippen LogP contribution in [0.25, 0.3) is 17.2 Å². The van der Waals surface area contributed by atoms with Gasteiger partial charge in [-0.2, -0.15) is 0 Å². The van der Waals surface area contributed by atoms with Gasteiger partial charge in [0.2, 0.25) is 5.91 Å². The molecular weight excluding hydrogens is 358 g/mol. The van der Waals surface area contributed by atoms with Crippen LogP contribution in [-0.2, 0) is 4.79 Å². The van der Waals surface area contributed by atoms with Gasteiger partial charge in [-0.3, -0.25) is 9.78 Å². The molecule has 0 aliphatic heterocycles. The van der Waals surface area contributed by atoms with Gasteiger partial charge in [-0.1, -0.05) is 29.8 Å². The molecule has 0 bridgehead atoms. The van der Waals surface area contributed by atoms with Crippen molar-refractivity contribution in [1.82, 2.24) is 4.98 Å². The van der Waals surface area contributed by atoms with Gasteiger partial charge in [0.05, 0.1) is 5.69 Å². The van der Waals surface area contributed by atoms with Crippen LogP contribution in [0.15, 0.2) is 66.9 Å². The van der Waals surface area contributed by atoms with E-state index in [2.05, 4.69) is 15.6 Å². The highest BCUT2D eigenvalue weighted by molar-refractivity contribution is 6.30. The molecule has 0 saturated carbocycles. The molecule has 0 radical (unpaired) electrons. The molecule has 0 fully saturated rings. The first-order chi connectivity index (χ1) is 13.0. The summed E-state index contributed by atoms with van der Waals surface area (Å²) in [6.07, 6.45) is 4.95. The van der Waals surface area contributed by atoms with Crippen LogP contribution in [0.1, 0.15) is 11.3 Å². The van der Waals surface area contributed by atoms with E-state index in [1.807, 2.05) is 68.6 Å². The van der Waals surface area contributed by atoms with E-state index in [0.29, 0.717) is 10.7 Å². The van der Waals surface area contributed by atoms with E-state index in [4.69, 9.17) is 11.6 Å². The summed E-state index contributed by atoms with van der Waals surface area (Å²) in [5.41, 5.74) is 5.54. The zero-order valence-corrected chi connectivity index (χ0v) is 15.9. The maximum Gasteiger partial charge on any atom is 0.248 e. The van der Waals surface area contributed by atoms with Crippen molar-refractivity contribution in [2.45, 2.75) is 6.92 Å². The number of aryl methyl sites for hydroxylation is 1. The van der Waals surface area contributed by atoms with Crippen molar-refractivity contribution < 1.29 is 4.79 Å². The second-order valence-electron chi connectivity index (χ2n) is 6.08. The number of carbonyl (C=O) groups is 1. The quantitative estimate of drug-likeness (QED) is 0.585. The Kier molecular flexibility index (Phi) is 5.89. The number of anilines is 2. The fourth-order valence-corrected chi connectivity index (χ4v) is 2.74. The number of hydrogen-bond acceptors (Lipinski definition) is 3. The predicted octanol–water partition coefficient (Wildman–Crippen LogP) is 5.40. The lowest BCUT2D eigenvalue weighted by Gasteiger charge is -2.08. The Balaban J connectivity index is 1.65. The molecule has 3 rings (SSSR count). The molecule has 136 valence electrons. The van der Waals surface area contributed by atoms with Gasteiger partial charge in [-0.25, -0.2) is 0 Å². The second kappa shape index (κ2) is 8.52. The van der Waals surface area contributed by atoms with Gasteiger partial charge in [0, 0.05) is 41.3 Å². The van der Waals surface area contributed by atoms with Gasteiger partial charge in [0.25, 0.3) is 0 Å². The maximum absolute atomic E-state index is 12.2. The molecule has 5 heteroatoms. The van der Waals surface area contributed by atoms with Crippen LogP contribution >= 0.6 is 11.6 Å². The van der Waals surface area contributed by atoms with Gasteiger partial charge in [0.1, 0.15) is 0 Å². The van der Waals surface area contributed by atoms with Crippen LogP contribution in [-0.4, -0.2) is 17.9 Å². The fraction of sp³-hybridized carbons (Fsp3) is 0.0909. The van der Waals surface area contributed by atoms with E-state index in [-0.39, 0.29) is 5.91 Å². The second-order valence-corrected chi connectivity index (χ2v) is 6.52. The smallest absolute Gasteiger partial charge is 0.248 e. The predicted molar refractivity (Wildman–Crippen MR) is 113 cm³/mol. The highest BCUT2D eigenvalue weighted by atomic mass is 35.5. The standard InChI is InChI=1S/C22H20ClN3O/c1-15-13-20(24-2)9-11-21(15)26-22(27)12-10-19-8-5-17(14-25-19)16-3-6-18(23)7-4-16/h3-14,24H,1-2H3,(H,26,27)/b12-10+. The largest absolute Gasteiger partial charge is 0.388 e. The number of nitrogens with one attached hydrogen (secondary N) is 2. The number of benzene rings is 2.